The van der Waals surface area contributed by atoms with Gasteiger partial charge in [-0.25, -0.2) is 13.2 Å². The van der Waals surface area contributed by atoms with Gasteiger partial charge in [-0.05, 0) is 18.9 Å². The van der Waals surface area contributed by atoms with Crippen LogP contribution in [0.5, 0.6) is 0 Å². The van der Waals surface area contributed by atoms with Gasteiger partial charge in [0.15, 0.2) is 15.5 Å². The summed E-state index contributed by atoms with van der Waals surface area (Å²) in [5, 5.41) is 12.9. The van der Waals surface area contributed by atoms with Crippen LogP contribution >= 0.6 is 0 Å². The fraction of sp³-hybridized carbons (Fsp3) is 0.600. The molecule has 1 saturated heterocycles. The predicted molar refractivity (Wildman–Crippen MR) is 60.9 cm³/mol. The Labute approximate surface area is 99.2 Å². The summed E-state index contributed by atoms with van der Waals surface area (Å²) in [6, 6.07) is 1.29. The van der Waals surface area contributed by atoms with E-state index in [2.05, 4.69) is 5.10 Å². The number of nitrogens with zero attached hydrogens (tertiary/aromatic N) is 2. The van der Waals surface area contributed by atoms with Crippen molar-refractivity contribution in [2.24, 2.45) is 0 Å². The Morgan fingerprint density at radius 3 is 2.82 bits per heavy atom. The maximum atomic E-state index is 11.4. The number of hydrogen-bond donors (Lipinski definition) is 1. The van der Waals surface area contributed by atoms with Gasteiger partial charge in [0.05, 0.1) is 17.5 Å². The zero-order chi connectivity index (χ0) is 12.6. The van der Waals surface area contributed by atoms with Crippen molar-refractivity contribution in [3.05, 3.63) is 17.5 Å². The molecule has 0 aliphatic carbocycles. The Bertz CT molecular complexity index is 547. The van der Waals surface area contributed by atoms with Gasteiger partial charge in [-0.2, -0.15) is 5.10 Å². The minimum atomic E-state index is -2.99. The van der Waals surface area contributed by atoms with Crippen LogP contribution in [0, 0.1) is 0 Å². The Balaban J connectivity index is 2.35. The second-order valence-electron chi connectivity index (χ2n) is 4.18. The highest BCUT2D eigenvalue weighted by Crippen LogP contribution is 2.25. The van der Waals surface area contributed by atoms with Gasteiger partial charge in [0.1, 0.15) is 0 Å². The number of aromatic nitrogens is 2. The number of carbonyl (C=O) groups is 1. The smallest absolute Gasteiger partial charge is 0.356 e. The molecule has 1 N–H and O–H groups in total. The number of hydrogen-bond acceptors (Lipinski definition) is 4. The molecule has 2 rings (SSSR count). The van der Waals surface area contributed by atoms with Crippen molar-refractivity contribution in [1.82, 2.24) is 9.78 Å². The minimum absolute atomic E-state index is 0.0221. The summed E-state index contributed by atoms with van der Waals surface area (Å²) in [6.07, 6.45) is 1.15. The molecule has 1 aliphatic rings. The quantitative estimate of drug-likeness (QED) is 0.853. The Morgan fingerprint density at radius 1 is 1.65 bits per heavy atom. The second-order valence-corrected chi connectivity index (χ2v) is 6.41. The first kappa shape index (κ1) is 12.1. The standard InChI is InChI=1S/C10H14N2O4S/c1-2-7-5-9(10(13)14)11-12(7)8-3-4-17(15,16)6-8/h5,8H,2-4,6H2,1H3,(H,13,14)/t8-/m1/s1. The summed E-state index contributed by atoms with van der Waals surface area (Å²) in [6.45, 7) is 1.89. The largest absolute Gasteiger partial charge is 0.476 e. The molecule has 0 unspecified atom stereocenters. The van der Waals surface area contributed by atoms with E-state index in [-0.39, 0.29) is 23.2 Å². The summed E-state index contributed by atoms with van der Waals surface area (Å²) in [5.74, 6) is -0.872. The van der Waals surface area contributed by atoms with Crippen LogP contribution in [-0.2, 0) is 16.3 Å². The molecule has 1 aliphatic heterocycles. The van der Waals surface area contributed by atoms with Gasteiger partial charge in [-0.3, -0.25) is 4.68 Å². The molecule has 0 bridgehead atoms. The van der Waals surface area contributed by atoms with Crippen LogP contribution in [-0.4, -0.2) is 40.8 Å². The van der Waals surface area contributed by atoms with Crippen molar-refractivity contribution < 1.29 is 18.3 Å². The molecule has 7 heteroatoms. The highest BCUT2D eigenvalue weighted by molar-refractivity contribution is 7.91. The van der Waals surface area contributed by atoms with E-state index in [9.17, 15) is 13.2 Å². The summed E-state index contributed by atoms with van der Waals surface area (Å²) in [7, 11) is -2.99. The van der Waals surface area contributed by atoms with Crippen molar-refractivity contribution in [3.8, 4) is 0 Å². The van der Waals surface area contributed by atoms with E-state index in [4.69, 9.17) is 5.11 Å². The third-order valence-electron chi connectivity index (χ3n) is 2.95. The van der Waals surface area contributed by atoms with E-state index in [0.29, 0.717) is 12.8 Å². The highest BCUT2D eigenvalue weighted by Gasteiger charge is 2.31. The molecule has 1 atom stereocenters. The van der Waals surface area contributed by atoms with Gasteiger partial charge in [-0.15, -0.1) is 0 Å². The molecule has 17 heavy (non-hydrogen) atoms. The number of sulfone groups is 1. The molecule has 0 saturated carbocycles. The Morgan fingerprint density at radius 2 is 2.35 bits per heavy atom. The van der Waals surface area contributed by atoms with E-state index < -0.39 is 15.8 Å². The molecule has 94 valence electrons. The van der Waals surface area contributed by atoms with Crippen molar-refractivity contribution in [1.29, 1.82) is 0 Å². The summed E-state index contributed by atoms with van der Waals surface area (Å²) in [4.78, 5) is 10.8. The Kier molecular flexibility index (Phi) is 2.94. The first-order chi connectivity index (χ1) is 7.93. The first-order valence-electron chi connectivity index (χ1n) is 5.45. The molecule has 1 aromatic rings. The van der Waals surface area contributed by atoms with Gasteiger partial charge >= 0.3 is 5.97 Å². The molecule has 6 nitrogen and oxygen atoms in total. The van der Waals surface area contributed by atoms with Crippen LogP contribution in [0.15, 0.2) is 6.07 Å². The normalized spacial score (nSPS) is 22.8. The van der Waals surface area contributed by atoms with Crippen LogP contribution in [0.4, 0.5) is 0 Å². The molecule has 0 radical (unpaired) electrons. The number of carboxylic acids is 1. The SMILES string of the molecule is CCc1cc(C(=O)O)nn1[C@@H]1CCS(=O)(=O)C1. The van der Waals surface area contributed by atoms with Crippen LogP contribution in [0.2, 0.25) is 0 Å². The maximum absolute atomic E-state index is 11.4. The minimum Gasteiger partial charge on any atom is -0.476 e. The van der Waals surface area contributed by atoms with Crippen molar-refractivity contribution in [2.45, 2.75) is 25.8 Å². The van der Waals surface area contributed by atoms with Gasteiger partial charge in [0, 0.05) is 5.69 Å². The molecular weight excluding hydrogens is 244 g/mol. The Hall–Kier alpha value is -1.37. The first-order valence-corrected chi connectivity index (χ1v) is 7.27. The van der Waals surface area contributed by atoms with Crippen molar-refractivity contribution >= 4 is 15.8 Å². The summed E-state index contributed by atoms with van der Waals surface area (Å²) < 4.78 is 24.4. The van der Waals surface area contributed by atoms with Gasteiger partial charge in [-0.1, -0.05) is 6.92 Å². The van der Waals surface area contributed by atoms with Crippen LogP contribution < -0.4 is 0 Å². The molecule has 0 spiro atoms. The summed E-state index contributed by atoms with van der Waals surface area (Å²) in [5.41, 5.74) is 0.746. The van der Waals surface area contributed by atoms with E-state index in [1.54, 1.807) is 4.68 Å². The topological polar surface area (TPSA) is 89.3 Å². The zero-order valence-corrected chi connectivity index (χ0v) is 10.3. The lowest BCUT2D eigenvalue weighted by Gasteiger charge is -2.11. The molecule has 0 amide bonds. The molecule has 0 aromatic carbocycles. The predicted octanol–water partition coefficient (Wildman–Crippen LogP) is 0.503. The number of aromatic carboxylic acids is 1. The average molecular weight is 258 g/mol. The van der Waals surface area contributed by atoms with E-state index in [0.717, 1.165) is 5.69 Å². The molecule has 1 aromatic heterocycles. The lowest BCUT2D eigenvalue weighted by atomic mass is 10.2. The maximum Gasteiger partial charge on any atom is 0.356 e. The van der Waals surface area contributed by atoms with E-state index >= 15 is 0 Å². The van der Waals surface area contributed by atoms with Crippen molar-refractivity contribution in [3.63, 3.8) is 0 Å². The number of rotatable bonds is 3. The number of carboxylic acid groups (broad SMARTS) is 1. The van der Waals surface area contributed by atoms with Crippen LogP contribution in [0.3, 0.4) is 0 Å². The average Bonchev–Trinajstić information content (AvgIpc) is 2.80. The van der Waals surface area contributed by atoms with Gasteiger partial charge in [0.25, 0.3) is 0 Å². The molecule has 1 fully saturated rings. The molecule has 2 heterocycles. The monoisotopic (exact) mass is 258 g/mol. The molecular formula is C10H14N2O4S. The van der Waals surface area contributed by atoms with E-state index in [1.165, 1.54) is 6.07 Å². The van der Waals surface area contributed by atoms with Crippen LogP contribution in [0.25, 0.3) is 0 Å². The fourth-order valence-electron chi connectivity index (χ4n) is 2.09. The van der Waals surface area contributed by atoms with Gasteiger partial charge < -0.3 is 5.11 Å². The fourth-order valence-corrected chi connectivity index (χ4v) is 3.78. The van der Waals surface area contributed by atoms with E-state index in [1.807, 2.05) is 6.92 Å². The number of aryl methyl sites for hydroxylation is 1. The third kappa shape index (κ3) is 2.33. The third-order valence-corrected chi connectivity index (χ3v) is 4.70. The second kappa shape index (κ2) is 4.14. The lowest BCUT2D eigenvalue weighted by Crippen LogP contribution is -2.15. The summed E-state index contributed by atoms with van der Waals surface area (Å²) >= 11 is 0. The highest BCUT2D eigenvalue weighted by atomic mass is 32.2. The van der Waals surface area contributed by atoms with Crippen LogP contribution in [0.1, 0.15) is 35.6 Å². The van der Waals surface area contributed by atoms with Gasteiger partial charge in [0.2, 0.25) is 0 Å². The lowest BCUT2D eigenvalue weighted by molar-refractivity contribution is 0.0689. The van der Waals surface area contributed by atoms with Crippen molar-refractivity contribution in [2.75, 3.05) is 11.5 Å². The zero-order valence-electron chi connectivity index (χ0n) is 9.46.